The molecule has 0 saturated carbocycles. The molecule has 0 aromatic carbocycles. The highest BCUT2D eigenvalue weighted by Gasteiger charge is 2.14. The Kier molecular flexibility index (Phi) is 7.24. The molecule has 3 N–H and O–H groups in total. The van der Waals surface area contributed by atoms with E-state index in [9.17, 15) is 4.79 Å². The van der Waals surface area contributed by atoms with Crippen LogP contribution in [0, 0.1) is 0 Å². The van der Waals surface area contributed by atoms with Crippen LogP contribution in [0.15, 0.2) is 23.3 Å². The lowest BCUT2D eigenvalue weighted by Crippen LogP contribution is -2.48. The van der Waals surface area contributed by atoms with E-state index in [1.165, 1.54) is 12.8 Å². The van der Waals surface area contributed by atoms with Gasteiger partial charge in [0, 0.05) is 31.4 Å². The first-order valence-electron chi connectivity index (χ1n) is 9.40. The molecule has 0 radical (unpaired) electrons. The summed E-state index contributed by atoms with van der Waals surface area (Å²) in [4.78, 5) is 23.3. The zero-order valence-electron chi connectivity index (χ0n) is 16.4. The highest BCUT2D eigenvalue weighted by Crippen LogP contribution is 2.18. The molecular formula is C19H32N6O. The summed E-state index contributed by atoms with van der Waals surface area (Å²) in [5.74, 6) is 1.61. The molecule has 7 nitrogen and oxygen atoms in total. The van der Waals surface area contributed by atoms with Crippen molar-refractivity contribution in [3.8, 4) is 0 Å². The standard InChI is InChI=1S/C19H32N6O/c1-5-20-18(23-14-17(26)24-19(2,3)4)22-13-15-8-9-21-16(12-15)25-10-6-7-11-25/h8-9,12H,5-7,10-11,13-14H2,1-4H3,(H,24,26)(H2,20,22,23). The van der Waals surface area contributed by atoms with Crippen LogP contribution in [0.4, 0.5) is 5.82 Å². The molecule has 0 spiro atoms. The third-order valence-corrected chi connectivity index (χ3v) is 3.93. The molecule has 1 aliphatic heterocycles. The second-order valence-corrected chi connectivity index (χ2v) is 7.56. The molecule has 0 aliphatic carbocycles. The van der Waals surface area contributed by atoms with E-state index in [1.54, 1.807) is 0 Å². The van der Waals surface area contributed by atoms with Crippen LogP contribution in [0.5, 0.6) is 0 Å². The van der Waals surface area contributed by atoms with E-state index in [4.69, 9.17) is 0 Å². The Labute approximate surface area is 156 Å². The first-order valence-corrected chi connectivity index (χ1v) is 9.40. The highest BCUT2D eigenvalue weighted by atomic mass is 16.2. The molecule has 2 heterocycles. The van der Waals surface area contributed by atoms with Crippen LogP contribution in [0.1, 0.15) is 46.1 Å². The lowest BCUT2D eigenvalue weighted by atomic mass is 10.1. The van der Waals surface area contributed by atoms with Crippen molar-refractivity contribution in [3.05, 3.63) is 23.9 Å². The molecule has 1 amide bonds. The van der Waals surface area contributed by atoms with Crippen molar-refractivity contribution in [1.29, 1.82) is 0 Å². The van der Waals surface area contributed by atoms with Crippen LogP contribution in [0.3, 0.4) is 0 Å². The van der Waals surface area contributed by atoms with Crippen molar-refractivity contribution in [1.82, 2.24) is 20.9 Å². The van der Waals surface area contributed by atoms with Gasteiger partial charge in [-0.15, -0.1) is 0 Å². The lowest BCUT2D eigenvalue weighted by molar-refractivity contribution is -0.121. The molecule has 144 valence electrons. The Balaban J connectivity index is 1.93. The Morgan fingerprint density at radius 2 is 2.00 bits per heavy atom. The number of hydrogen-bond donors (Lipinski definition) is 3. The van der Waals surface area contributed by atoms with E-state index in [0.717, 1.165) is 31.0 Å². The molecule has 2 rings (SSSR count). The van der Waals surface area contributed by atoms with Crippen LogP contribution in [0.2, 0.25) is 0 Å². The number of rotatable bonds is 6. The van der Waals surface area contributed by atoms with Gasteiger partial charge >= 0.3 is 0 Å². The zero-order valence-corrected chi connectivity index (χ0v) is 16.4. The average molecular weight is 361 g/mol. The second-order valence-electron chi connectivity index (χ2n) is 7.56. The Morgan fingerprint density at radius 1 is 1.27 bits per heavy atom. The summed E-state index contributed by atoms with van der Waals surface area (Å²) < 4.78 is 0. The molecule has 1 fully saturated rings. The predicted molar refractivity (Wildman–Crippen MR) is 106 cm³/mol. The molecular weight excluding hydrogens is 328 g/mol. The summed E-state index contributed by atoms with van der Waals surface area (Å²) in [7, 11) is 0. The Morgan fingerprint density at radius 3 is 2.65 bits per heavy atom. The van der Waals surface area contributed by atoms with Gasteiger partial charge in [0.25, 0.3) is 0 Å². The van der Waals surface area contributed by atoms with E-state index >= 15 is 0 Å². The summed E-state index contributed by atoms with van der Waals surface area (Å²) in [5, 5.41) is 9.19. The van der Waals surface area contributed by atoms with Gasteiger partial charge in [0.05, 0.1) is 13.1 Å². The van der Waals surface area contributed by atoms with Crippen LogP contribution in [-0.4, -0.2) is 48.6 Å². The Hall–Kier alpha value is -2.31. The topological polar surface area (TPSA) is 81.7 Å². The normalized spacial score (nSPS) is 15.1. The van der Waals surface area contributed by atoms with Crippen LogP contribution >= 0.6 is 0 Å². The van der Waals surface area contributed by atoms with Gasteiger partial charge in [-0.2, -0.15) is 0 Å². The van der Waals surface area contributed by atoms with Gasteiger partial charge < -0.3 is 20.9 Å². The Bertz CT molecular complexity index is 617. The quantitative estimate of drug-likeness (QED) is 0.531. The van der Waals surface area contributed by atoms with Gasteiger partial charge in [-0.1, -0.05) is 0 Å². The van der Waals surface area contributed by atoms with Gasteiger partial charge in [0.1, 0.15) is 5.82 Å². The smallest absolute Gasteiger partial charge is 0.239 e. The molecule has 1 aliphatic rings. The summed E-state index contributed by atoms with van der Waals surface area (Å²) >= 11 is 0. The number of aromatic nitrogens is 1. The minimum atomic E-state index is -0.239. The van der Waals surface area contributed by atoms with E-state index in [1.807, 2.05) is 40.0 Å². The maximum atomic E-state index is 12.0. The SMILES string of the molecule is CCNC(=NCc1ccnc(N2CCCC2)c1)NCC(=O)NC(C)(C)C. The van der Waals surface area contributed by atoms with Crippen LogP contribution in [0.25, 0.3) is 0 Å². The van der Waals surface area contributed by atoms with E-state index in [2.05, 4.69) is 36.9 Å². The van der Waals surface area contributed by atoms with Gasteiger partial charge in [0.15, 0.2) is 5.96 Å². The van der Waals surface area contributed by atoms with Gasteiger partial charge in [0.2, 0.25) is 5.91 Å². The maximum Gasteiger partial charge on any atom is 0.239 e. The minimum Gasteiger partial charge on any atom is -0.357 e. The van der Waals surface area contributed by atoms with E-state index < -0.39 is 0 Å². The lowest BCUT2D eigenvalue weighted by Gasteiger charge is -2.21. The van der Waals surface area contributed by atoms with Crippen LogP contribution < -0.4 is 20.9 Å². The molecule has 7 heteroatoms. The monoisotopic (exact) mass is 360 g/mol. The number of aliphatic imine (C=N–C) groups is 1. The molecule has 1 saturated heterocycles. The first-order chi connectivity index (χ1) is 12.4. The molecule has 0 unspecified atom stereocenters. The van der Waals surface area contributed by atoms with Gasteiger partial charge in [-0.05, 0) is 58.2 Å². The van der Waals surface area contributed by atoms with Crippen molar-refractivity contribution < 1.29 is 4.79 Å². The maximum absolute atomic E-state index is 12.0. The molecule has 1 aromatic rings. The van der Waals surface area contributed by atoms with Gasteiger partial charge in [-0.25, -0.2) is 9.98 Å². The average Bonchev–Trinajstić information content (AvgIpc) is 3.11. The van der Waals surface area contributed by atoms with Crippen molar-refractivity contribution >= 4 is 17.7 Å². The number of amides is 1. The third kappa shape index (κ3) is 6.90. The summed E-state index contributed by atoms with van der Waals surface area (Å²) in [6, 6.07) is 4.09. The van der Waals surface area contributed by atoms with Crippen molar-refractivity contribution in [2.45, 2.75) is 52.6 Å². The zero-order chi connectivity index (χ0) is 19.0. The number of anilines is 1. The second kappa shape index (κ2) is 9.40. The number of nitrogens with zero attached hydrogens (tertiary/aromatic N) is 3. The molecule has 1 aromatic heterocycles. The molecule has 26 heavy (non-hydrogen) atoms. The fourth-order valence-electron chi connectivity index (χ4n) is 2.82. The number of carbonyl (C=O) groups is 1. The largest absolute Gasteiger partial charge is 0.357 e. The molecule has 0 bridgehead atoms. The van der Waals surface area contributed by atoms with E-state index in [-0.39, 0.29) is 18.0 Å². The number of carbonyl (C=O) groups excluding carboxylic acids is 1. The van der Waals surface area contributed by atoms with E-state index in [0.29, 0.717) is 12.5 Å². The number of guanidine groups is 1. The van der Waals surface area contributed by atoms with Gasteiger partial charge in [-0.3, -0.25) is 4.79 Å². The summed E-state index contributed by atoms with van der Waals surface area (Å²) in [6.07, 6.45) is 4.31. The predicted octanol–water partition coefficient (Wildman–Crippen LogP) is 1.65. The van der Waals surface area contributed by atoms with Crippen molar-refractivity contribution in [3.63, 3.8) is 0 Å². The third-order valence-electron chi connectivity index (χ3n) is 3.93. The van der Waals surface area contributed by atoms with Crippen LogP contribution in [-0.2, 0) is 11.3 Å². The number of hydrogen-bond acceptors (Lipinski definition) is 4. The fraction of sp³-hybridized carbons (Fsp3) is 0.632. The summed E-state index contributed by atoms with van der Waals surface area (Å²) in [6.45, 7) is 11.5. The first kappa shape index (κ1) is 20.0. The number of pyridine rings is 1. The summed E-state index contributed by atoms with van der Waals surface area (Å²) in [5.41, 5.74) is 0.871. The highest BCUT2D eigenvalue weighted by molar-refractivity contribution is 5.86. The minimum absolute atomic E-state index is 0.0525. The molecule has 0 atom stereocenters. The number of nitrogens with one attached hydrogen (secondary N) is 3. The van der Waals surface area contributed by atoms with Crippen molar-refractivity contribution in [2.75, 3.05) is 31.1 Å². The van der Waals surface area contributed by atoms with Crippen molar-refractivity contribution in [2.24, 2.45) is 4.99 Å². The fourth-order valence-corrected chi connectivity index (χ4v) is 2.82.